The summed E-state index contributed by atoms with van der Waals surface area (Å²) in [6.07, 6.45) is 1.92. The first-order chi connectivity index (χ1) is 7.24. The van der Waals surface area contributed by atoms with Gasteiger partial charge in [-0.05, 0) is 12.8 Å². The lowest BCUT2D eigenvalue weighted by molar-refractivity contribution is 0.0839. The van der Waals surface area contributed by atoms with Crippen LogP contribution >= 0.6 is 11.6 Å². The molecule has 15 heavy (non-hydrogen) atoms. The summed E-state index contributed by atoms with van der Waals surface area (Å²) in [6.45, 7) is 1.49. The van der Waals surface area contributed by atoms with Crippen LogP contribution < -0.4 is 0 Å². The van der Waals surface area contributed by atoms with Gasteiger partial charge in [-0.3, -0.25) is 4.68 Å². The number of hydrogen-bond donors (Lipinski definition) is 1. The van der Waals surface area contributed by atoms with Crippen LogP contribution in [0.5, 0.6) is 0 Å². The number of rotatable bonds is 2. The average molecular weight is 231 g/mol. The van der Waals surface area contributed by atoms with Gasteiger partial charge in [0.15, 0.2) is 0 Å². The van der Waals surface area contributed by atoms with E-state index in [0.717, 1.165) is 37.3 Å². The molecule has 84 valence electrons. The van der Waals surface area contributed by atoms with Crippen molar-refractivity contribution in [3.63, 3.8) is 0 Å². The SMILES string of the molecule is Cn1nc(C2CCOCC2)c(CO)c1Cl. The molecule has 0 unspecified atom stereocenters. The molecule has 1 aromatic rings. The van der Waals surface area contributed by atoms with E-state index in [1.165, 1.54) is 0 Å². The predicted molar refractivity (Wildman–Crippen MR) is 56.9 cm³/mol. The lowest BCUT2D eigenvalue weighted by Crippen LogP contribution is -2.15. The molecular formula is C10H15ClN2O2. The summed E-state index contributed by atoms with van der Waals surface area (Å²) >= 11 is 6.04. The number of ether oxygens (including phenoxy) is 1. The maximum absolute atomic E-state index is 9.27. The number of aliphatic hydroxyl groups is 1. The molecule has 0 amide bonds. The maximum Gasteiger partial charge on any atom is 0.132 e. The highest BCUT2D eigenvalue weighted by atomic mass is 35.5. The van der Waals surface area contributed by atoms with Crippen LogP contribution in [0.4, 0.5) is 0 Å². The average Bonchev–Trinajstić information content (AvgIpc) is 2.56. The van der Waals surface area contributed by atoms with E-state index in [1.807, 2.05) is 0 Å². The van der Waals surface area contributed by atoms with E-state index in [1.54, 1.807) is 11.7 Å². The van der Waals surface area contributed by atoms with Gasteiger partial charge in [-0.2, -0.15) is 5.10 Å². The van der Waals surface area contributed by atoms with Gasteiger partial charge in [-0.25, -0.2) is 0 Å². The van der Waals surface area contributed by atoms with Crippen molar-refractivity contribution in [2.75, 3.05) is 13.2 Å². The van der Waals surface area contributed by atoms with Gasteiger partial charge in [-0.1, -0.05) is 11.6 Å². The third kappa shape index (κ3) is 2.02. The number of halogens is 1. The molecule has 1 saturated heterocycles. The molecule has 1 fully saturated rings. The van der Waals surface area contributed by atoms with Gasteiger partial charge in [0.25, 0.3) is 0 Å². The first-order valence-electron chi connectivity index (χ1n) is 5.14. The fourth-order valence-corrected chi connectivity index (χ4v) is 2.21. The van der Waals surface area contributed by atoms with Crippen molar-refractivity contribution in [2.24, 2.45) is 7.05 Å². The molecule has 4 nitrogen and oxygen atoms in total. The van der Waals surface area contributed by atoms with Crippen molar-refractivity contribution in [1.29, 1.82) is 0 Å². The zero-order valence-corrected chi connectivity index (χ0v) is 9.50. The predicted octanol–water partition coefficient (Wildman–Crippen LogP) is 1.46. The highest BCUT2D eigenvalue weighted by Crippen LogP contribution is 2.31. The second-order valence-corrected chi connectivity index (χ2v) is 4.18. The Kier molecular flexibility index (Phi) is 3.29. The van der Waals surface area contributed by atoms with Crippen molar-refractivity contribution in [2.45, 2.75) is 25.4 Å². The standard InChI is InChI=1S/C10H15ClN2O2/c1-13-10(11)8(6-14)9(12-13)7-2-4-15-5-3-7/h7,14H,2-6H2,1H3. The number of aliphatic hydroxyl groups excluding tert-OH is 1. The minimum Gasteiger partial charge on any atom is -0.391 e. The molecule has 0 atom stereocenters. The third-order valence-electron chi connectivity index (χ3n) is 2.87. The Labute approximate surface area is 93.8 Å². The van der Waals surface area contributed by atoms with Crippen LogP contribution in [-0.4, -0.2) is 28.1 Å². The molecule has 1 N–H and O–H groups in total. The Hall–Kier alpha value is -0.580. The molecule has 0 spiro atoms. The Balaban J connectivity index is 2.29. The maximum atomic E-state index is 9.27. The van der Waals surface area contributed by atoms with Crippen molar-refractivity contribution < 1.29 is 9.84 Å². The molecule has 2 heterocycles. The highest BCUT2D eigenvalue weighted by Gasteiger charge is 2.24. The van der Waals surface area contributed by atoms with Crippen LogP contribution in [0.1, 0.15) is 30.0 Å². The van der Waals surface area contributed by atoms with Gasteiger partial charge in [0.2, 0.25) is 0 Å². The molecule has 0 saturated carbocycles. The Morgan fingerprint density at radius 1 is 1.53 bits per heavy atom. The number of hydrogen-bond acceptors (Lipinski definition) is 3. The lowest BCUT2D eigenvalue weighted by atomic mass is 9.94. The van der Waals surface area contributed by atoms with Crippen molar-refractivity contribution in [3.05, 3.63) is 16.4 Å². The zero-order valence-electron chi connectivity index (χ0n) is 8.74. The molecule has 0 aromatic carbocycles. The van der Waals surface area contributed by atoms with Crippen LogP contribution in [-0.2, 0) is 18.4 Å². The van der Waals surface area contributed by atoms with E-state index in [4.69, 9.17) is 16.3 Å². The van der Waals surface area contributed by atoms with E-state index in [2.05, 4.69) is 5.10 Å². The second-order valence-electron chi connectivity index (χ2n) is 3.82. The van der Waals surface area contributed by atoms with Gasteiger partial charge in [0, 0.05) is 31.7 Å². The van der Waals surface area contributed by atoms with E-state index < -0.39 is 0 Å². The van der Waals surface area contributed by atoms with Crippen LogP contribution in [0, 0.1) is 0 Å². The van der Waals surface area contributed by atoms with Crippen LogP contribution in [0.3, 0.4) is 0 Å². The summed E-state index contributed by atoms with van der Waals surface area (Å²) in [5, 5.41) is 14.2. The van der Waals surface area contributed by atoms with E-state index in [0.29, 0.717) is 11.1 Å². The fourth-order valence-electron chi connectivity index (χ4n) is 2.01. The van der Waals surface area contributed by atoms with E-state index in [-0.39, 0.29) is 6.61 Å². The van der Waals surface area contributed by atoms with Crippen molar-refractivity contribution >= 4 is 11.6 Å². The highest BCUT2D eigenvalue weighted by molar-refractivity contribution is 6.30. The first-order valence-corrected chi connectivity index (χ1v) is 5.51. The Morgan fingerprint density at radius 2 is 2.20 bits per heavy atom. The summed E-state index contributed by atoms with van der Waals surface area (Å²) in [5.74, 6) is 0.375. The molecule has 0 bridgehead atoms. The Bertz CT molecular complexity index is 345. The minimum absolute atomic E-state index is 0.0423. The summed E-state index contributed by atoms with van der Waals surface area (Å²) in [7, 11) is 1.80. The third-order valence-corrected chi connectivity index (χ3v) is 3.34. The lowest BCUT2D eigenvalue weighted by Gasteiger charge is -2.21. The summed E-state index contributed by atoms with van der Waals surface area (Å²) < 4.78 is 6.92. The summed E-state index contributed by atoms with van der Waals surface area (Å²) in [4.78, 5) is 0. The number of aromatic nitrogens is 2. The molecule has 0 aliphatic carbocycles. The van der Waals surface area contributed by atoms with Crippen molar-refractivity contribution in [3.8, 4) is 0 Å². The van der Waals surface area contributed by atoms with Gasteiger partial charge in [0.1, 0.15) is 5.15 Å². The Morgan fingerprint density at radius 3 is 2.80 bits per heavy atom. The summed E-state index contributed by atoms with van der Waals surface area (Å²) in [5.41, 5.74) is 1.71. The van der Waals surface area contributed by atoms with Gasteiger partial charge in [0.05, 0.1) is 12.3 Å². The molecule has 1 aromatic heterocycles. The van der Waals surface area contributed by atoms with Gasteiger partial charge >= 0.3 is 0 Å². The fraction of sp³-hybridized carbons (Fsp3) is 0.700. The monoisotopic (exact) mass is 230 g/mol. The molecule has 5 heteroatoms. The molecule has 0 radical (unpaired) electrons. The van der Waals surface area contributed by atoms with E-state index >= 15 is 0 Å². The van der Waals surface area contributed by atoms with Crippen LogP contribution in [0.25, 0.3) is 0 Å². The molecule has 2 rings (SSSR count). The van der Waals surface area contributed by atoms with Gasteiger partial charge in [-0.15, -0.1) is 0 Å². The quantitative estimate of drug-likeness (QED) is 0.837. The van der Waals surface area contributed by atoms with Gasteiger partial charge < -0.3 is 9.84 Å². The molecular weight excluding hydrogens is 216 g/mol. The van der Waals surface area contributed by atoms with E-state index in [9.17, 15) is 5.11 Å². The largest absolute Gasteiger partial charge is 0.391 e. The summed E-state index contributed by atoms with van der Waals surface area (Å²) in [6, 6.07) is 0. The zero-order chi connectivity index (χ0) is 10.8. The number of aryl methyl sites for hydroxylation is 1. The van der Waals surface area contributed by atoms with Crippen LogP contribution in [0.15, 0.2) is 0 Å². The molecule has 1 aliphatic heterocycles. The van der Waals surface area contributed by atoms with Crippen LogP contribution in [0.2, 0.25) is 5.15 Å². The first kappa shape index (κ1) is 10.9. The smallest absolute Gasteiger partial charge is 0.132 e. The second kappa shape index (κ2) is 4.51. The topological polar surface area (TPSA) is 47.3 Å². The van der Waals surface area contributed by atoms with Crippen molar-refractivity contribution in [1.82, 2.24) is 9.78 Å². The molecule has 1 aliphatic rings. The normalized spacial score (nSPS) is 18.3. The minimum atomic E-state index is -0.0423. The number of nitrogens with zero attached hydrogens (tertiary/aromatic N) is 2.